The molecule has 0 bridgehead atoms. The Hall–Kier alpha value is 0.622. The van der Waals surface area contributed by atoms with Crippen LogP contribution in [-0.4, -0.2) is 0 Å². The number of rotatable bonds is 0. The van der Waals surface area contributed by atoms with Crippen LogP contribution in [0.15, 0.2) is 0 Å². The number of hydrogen-bond acceptors (Lipinski definition) is 0. The molecule has 1 nitrogen and oxygen atoms in total. The van der Waals surface area contributed by atoms with Crippen molar-refractivity contribution in [2.24, 2.45) is 0 Å². The Kier molecular flexibility index (Phi) is 9710. The third-order valence-corrected chi connectivity index (χ3v) is 0. The van der Waals surface area contributed by atoms with Gasteiger partial charge in [-0.05, 0) is 0 Å². The van der Waals surface area contributed by atoms with E-state index in [4.69, 9.17) is 0 Å². The zero-order valence-corrected chi connectivity index (χ0v) is 5.45. The predicted octanol–water partition coefficient (Wildman–Crippen LogP) is 2.07. The quantitative estimate of drug-likeness (QED) is 0.391. The van der Waals surface area contributed by atoms with Gasteiger partial charge in [-0.2, -0.15) is 0 Å². The Bertz CT molecular complexity index is 6.85. The van der Waals surface area contributed by atoms with E-state index in [1.165, 1.54) is 0 Å². The van der Waals surface area contributed by atoms with Crippen LogP contribution in [0.3, 0.4) is 0 Å². The molecule has 0 radical (unpaired) electrons. The molecule has 0 aromatic heterocycles. The summed E-state index contributed by atoms with van der Waals surface area (Å²) in [7, 11) is 0. The van der Waals surface area contributed by atoms with Gasteiger partial charge in [-0.1, -0.05) is 0 Å². The third kappa shape index (κ3) is 82.1. The smallest absolute Gasteiger partial charge is 0 e. The molecule has 42 valence electrons. The summed E-state index contributed by atoms with van der Waals surface area (Å²) < 4.78 is 0. The molecule has 2 heteroatoms. The van der Waals surface area contributed by atoms with E-state index in [0.717, 1.165) is 0 Å². The SMILES string of the molecule is [CH3-].[CH3-].[CH3-].[NH2-].[Pd]. The Morgan fingerprint density at radius 1 is 0.600 bits per heavy atom. The molecule has 2 N–H and O–H groups in total. The van der Waals surface area contributed by atoms with E-state index in [-0.39, 0.29) is 48.9 Å². The largest absolute Gasteiger partial charge is 0.693 e. The molecule has 0 spiro atoms. The zero-order chi connectivity index (χ0) is 0. The van der Waals surface area contributed by atoms with Gasteiger partial charge in [-0.15, -0.1) is 0 Å². The molecule has 0 aliphatic rings. The van der Waals surface area contributed by atoms with E-state index >= 15 is 0 Å². The maximum atomic E-state index is 0. The Morgan fingerprint density at radius 3 is 0.600 bits per heavy atom. The van der Waals surface area contributed by atoms with Gasteiger partial charge in [0.25, 0.3) is 0 Å². The van der Waals surface area contributed by atoms with Gasteiger partial charge in [0.15, 0.2) is 0 Å². The summed E-state index contributed by atoms with van der Waals surface area (Å²) in [6.07, 6.45) is 0. The molecule has 0 atom stereocenters. The van der Waals surface area contributed by atoms with Gasteiger partial charge in [-0.25, -0.2) is 0 Å². The predicted molar refractivity (Wildman–Crippen MR) is 24.5 cm³/mol. The maximum Gasteiger partial charge on any atom is 0 e. The van der Waals surface area contributed by atoms with Gasteiger partial charge < -0.3 is 28.4 Å². The van der Waals surface area contributed by atoms with Crippen LogP contribution < -0.4 is 0 Å². The van der Waals surface area contributed by atoms with Crippen LogP contribution in [0.1, 0.15) is 0 Å². The molecule has 0 saturated heterocycles. The monoisotopic (exact) mass is 167 g/mol. The average Bonchev–Trinajstić information content (AvgIpc) is 0. The van der Waals surface area contributed by atoms with Crippen LogP contribution in [0.5, 0.6) is 0 Å². The van der Waals surface area contributed by atoms with Crippen molar-refractivity contribution in [1.29, 1.82) is 0 Å². The van der Waals surface area contributed by atoms with Gasteiger partial charge in [0.05, 0.1) is 0 Å². The summed E-state index contributed by atoms with van der Waals surface area (Å²) in [5.41, 5.74) is 0. The molecule has 5 heavy (non-hydrogen) atoms. The first-order valence-corrected chi connectivity index (χ1v) is 0. The summed E-state index contributed by atoms with van der Waals surface area (Å²) in [6, 6.07) is 0. The van der Waals surface area contributed by atoms with Gasteiger partial charge >= 0.3 is 0 Å². The first-order chi connectivity index (χ1) is 0. The Morgan fingerprint density at radius 2 is 0.600 bits per heavy atom. The van der Waals surface area contributed by atoms with Crippen LogP contribution in [0.4, 0.5) is 0 Å². The molecular weight excluding hydrogens is 156 g/mol. The van der Waals surface area contributed by atoms with Crippen molar-refractivity contribution < 1.29 is 20.4 Å². The van der Waals surface area contributed by atoms with Gasteiger partial charge in [-0.3, -0.25) is 0 Å². The molecule has 0 aromatic carbocycles. The second-order valence-corrected chi connectivity index (χ2v) is 0. The molecule has 0 aliphatic carbocycles. The van der Waals surface area contributed by atoms with E-state index in [9.17, 15) is 0 Å². The summed E-state index contributed by atoms with van der Waals surface area (Å²) >= 11 is 0. The van der Waals surface area contributed by atoms with E-state index in [1.54, 1.807) is 0 Å². The molecule has 0 rings (SSSR count). The van der Waals surface area contributed by atoms with Gasteiger partial charge in [0, 0.05) is 20.4 Å². The van der Waals surface area contributed by atoms with Crippen LogP contribution in [-0.2, 0) is 20.4 Å². The van der Waals surface area contributed by atoms with Crippen LogP contribution in [0.2, 0.25) is 0 Å². The molecule has 0 unspecified atom stereocenters. The summed E-state index contributed by atoms with van der Waals surface area (Å²) in [4.78, 5) is 0. The van der Waals surface area contributed by atoms with Crippen molar-refractivity contribution in [3.63, 3.8) is 0 Å². The van der Waals surface area contributed by atoms with Crippen molar-refractivity contribution in [1.82, 2.24) is 0 Å². The zero-order valence-electron chi connectivity index (χ0n) is 3.89. The van der Waals surface area contributed by atoms with Gasteiger partial charge in [0.1, 0.15) is 0 Å². The number of hydrogen-bond donors (Lipinski definition) is 0. The second kappa shape index (κ2) is 157. The minimum atomic E-state index is 0. The van der Waals surface area contributed by atoms with Crippen molar-refractivity contribution in [3.05, 3.63) is 28.4 Å². The Labute approximate surface area is 49.4 Å². The summed E-state index contributed by atoms with van der Waals surface area (Å²) in [5, 5.41) is 0. The topological polar surface area (TPSA) is 33.5 Å². The van der Waals surface area contributed by atoms with Crippen molar-refractivity contribution in [3.8, 4) is 0 Å². The minimum Gasteiger partial charge on any atom is -0.693 e. The fraction of sp³-hybridized carbons (Fsp3) is 0. The summed E-state index contributed by atoms with van der Waals surface area (Å²) in [5.74, 6) is 0. The summed E-state index contributed by atoms with van der Waals surface area (Å²) in [6.45, 7) is 0. The van der Waals surface area contributed by atoms with Crippen molar-refractivity contribution in [2.75, 3.05) is 0 Å². The van der Waals surface area contributed by atoms with Crippen molar-refractivity contribution in [2.45, 2.75) is 0 Å². The molecule has 0 aromatic rings. The van der Waals surface area contributed by atoms with Crippen LogP contribution in [0.25, 0.3) is 6.15 Å². The van der Waals surface area contributed by atoms with Crippen molar-refractivity contribution >= 4 is 0 Å². The van der Waals surface area contributed by atoms with Crippen LogP contribution in [0, 0.1) is 22.3 Å². The average molecular weight is 168 g/mol. The first-order valence-electron chi connectivity index (χ1n) is 0. The number of nitrogens with two attached hydrogens (primary N) is 1. The molecule has 0 saturated carbocycles. The standard InChI is InChI=1S/3CH3.H2N.Pd/h3*1H3;1H2;/q4*-1;. The molecular formula is C3H11NPd-4. The minimum absolute atomic E-state index is 0. The van der Waals surface area contributed by atoms with E-state index in [2.05, 4.69) is 0 Å². The van der Waals surface area contributed by atoms with Crippen LogP contribution >= 0.6 is 0 Å². The third-order valence-electron chi connectivity index (χ3n) is 0. The second-order valence-electron chi connectivity index (χ2n) is 0. The molecule has 0 fully saturated rings. The fourth-order valence-electron chi connectivity index (χ4n) is 0. The van der Waals surface area contributed by atoms with E-state index in [0.29, 0.717) is 0 Å². The first kappa shape index (κ1) is 310. The molecule has 0 heterocycles. The molecule has 0 aliphatic heterocycles. The molecule has 0 amide bonds. The van der Waals surface area contributed by atoms with E-state index < -0.39 is 0 Å². The van der Waals surface area contributed by atoms with Gasteiger partial charge in [0.2, 0.25) is 0 Å². The fourth-order valence-corrected chi connectivity index (χ4v) is 0. The van der Waals surface area contributed by atoms with E-state index in [1.807, 2.05) is 0 Å². The normalized spacial score (nSPS) is 0. The maximum absolute atomic E-state index is 0. The Balaban J connectivity index is 0.